The third-order valence-electron chi connectivity index (χ3n) is 6.45. The second kappa shape index (κ2) is 9.25. The molecule has 0 amide bonds. The maximum atomic E-state index is 5.98. The molecule has 7 rings (SSSR count). The summed E-state index contributed by atoms with van der Waals surface area (Å²) >= 11 is 0. The molecular formula is C30H21N7O. The smallest absolute Gasteiger partial charge is 0.138 e. The minimum absolute atomic E-state index is 0.472. The second-order valence-corrected chi connectivity index (χ2v) is 8.92. The summed E-state index contributed by atoms with van der Waals surface area (Å²) in [6.45, 7) is 0.472. The first-order valence-corrected chi connectivity index (χ1v) is 12.2. The van der Waals surface area contributed by atoms with E-state index in [4.69, 9.17) is 4.74 Å². The van der Waals surface area contributed by atoms with Crippen LogP contribution in [0.25, 0.3) is 55.7 Å². The van der Waals surface area contributed by atoms with Gasteiger partial charge in [0.05, 0.1) is 46.7 Å². The van der Waals surface area contributed by atoms with Crippen molar-refractivity contribution < 1.29 is 4.74 Å². The zero-order valence-corrected chi connectivity index (χ0v) is 20.2. The van der Waals surface area contributed by atoms with E-state index in [1.807, 2.05) is 73.1 Å². The molecule has 0 spiro atoms. The molecule has 0 unspecified atom stereocenters. The summed E-state index contributed by atoms with van der Waals surface area (Å²) in [5, 5.41) is 9.69. The lowest BCUT2D eigenvalue weighted by Crippen LogP contribution is -1.96. The normalized spacial score (nSPS) is 11.3. The lowest BCUT2D eigenvalue weighted by atomic mass is 10.1. The SMILES string of the molecule is c1ccc(COc2cncc(-c3cc4c(-c5cc6c(-c7ccccn7)cncc6[nH]5)n[nH]c4cn3)c2)cc1. The van der Waals surface area contributed by atoms with Crippen molar-refractivity contribution in [2.75, 3.05) is 0 Å². The van der Waals surface area contributed by atoms with Crippen LogP contribution >= 0.6 is 0 Å². The van der Waals surface area contributed by atoms with Crippen LogP contribution < -0.4 is 4.74 Å². The van der Waals surface area contributed by atoms with Crippen LogP contribution in [0, 0.1) is 0 Å². The minimum Gasteiger partial charge on any atom is -0.487 e. The maximum Gasteiger partial charge on any atom is 0.138 e. The first-order chi connectivity index (χ1) is 18.8. The Morgan fingerprint density at radius 3 is 2.50 bits per heavy atom. The summed E-state index contributed by atoms with van der Waals surface area (Å²) in [7, 11) is 0. The van der Waals surface area contributed by atoms with Crippen LogP contribution in [0.2, 0.25) is 0 Å². The Morgan fingerprint density at radius 1 is 0.711 bits per heavy atom. The summed E-state index contributed by atoms with van der Waals surface area (Å²) in [5.74, 6) is 0.686. The largest absolute Gasteiger partial charge is 0.487 e. The molecule has 182 valence electrons. The van der Waals surface area contributed by atoms with Gasteiger partial charge in [0.2, 0.25) is 0 Å². The van der Waals surface area contributed by atoms with E-state index >= 15 is 0 Å². The van der Waals surface area contributed by atoms with E-state index in [1.54, 1.807) is 24.8 Å². The van der Waals surface area contributed by atoms with Crippen LogP contribution in [0.15, 0.2) is 104 Å². The number of rotatable bonds is 6. The van der Waals surface area contributed by atoms with E-state index < -0.39 is 0 Å². The van der Waals surface area contributed by atoms with E-state index in [0.29, 0.717) is 12.4 Å². The van der Waals surface area contributed by atoms with Crippen molar-refractivity contribution in [1.82, 2.24) is 35.1 Å². The second-order valence-electron chi connectivity index (χ2n) is 8.92. The fraction of sp³-hybridized carbons (Fsp3) is 0.0333. The van der Waals surface area contributed by atoms with Gasteiger partial charge in [-0.2, -0.15) is 5.10 Å². The predicted molar refractivity (Wildman–Crippen MR) is 146 cm³/mol. The van der Waals surface area contributed by atoms with Crippen molar-refractivity contribution >= 4 is 21.8 Å². The average molecular weight is 496 g/mol. The zero-order valence-electron chi connectivity index (χ0n) is 20.2. The highest BCUT2D eigenvalue weighted by Crippen LogP contribution is 2.34. The van der Waals surface area contributed by atoms with Crippen molar-refractivity contribution in [2.24, 2.45) is 0 Å². The quantitative estimate of drug-likeness (QED) is 0.284. The van der Waals surface area contributed by atoms with Gasteiger partial charge in [0.15, 0.2) is 0 Å². The van der Waals surface area contributed by atoms with Gasteiger partial charge in [-0.3, -0.25) is 25.0 Å². The lowest BCUT2D eigenvalue weighted by Gasteiger charge is -2.08. The molecule has 6 aromatic heterocycles. The zero-order chi connectivity index (χ0) is 25.3. The number of H-pyrrole nitrogens is 2. The van der Waals surface area contributed by atoms with Crippen molar-refractivity contribution in [3.63, 3.8) is 0 Å². The number of hydrogen-bond donors (Lipinski definition) is 2. The molecule has 7 aromatic rings. The van der Waals surface area contributed by atoms with Crippen LogP contribution in [0.3, 0.4) is 0 Å². The average Bonchev–Trinajstić information content (AvgIpc) is 3.61. The van der Waals surface area contributed by atoms with Crippen LogP contribution in [0.1, 0.15) is 5.56 Å². The van der Waals surface area contributed by atoms with Gasteiger partial charge in [-0.1, -0.05) is 36.4 Å². The third-order valence-corrected chi connectivity index (χ3v) is 6.45. The maximum absolute atomic E-state index is 5.98. The highest BCUT2D eigenvalue weighted by molar-refractivity contribution is 6.00. The molecule has 1 aromatic carbocycles. The van der Waals surface area contributed by atoms with Gasteiger partial charge in [-0.25, -0.2) is 0 Å². The third kappa shape index (κ3) is 4.04. The lowest BCUT2D eigenvalue weighted by molar-refractivity contribution is 0.305. The number of nitrogens with one attached hydrogen (secondary N) is 2. The highest BCUT2D eigenvalue weighted by Gasteiger charge is 2.15. The van der Waals surface area contributed by atoms with Gasteiger partial charge in [-0.15, -0.1) is 0 Å². The van der Waals surface area contributed by atoms with Gasteiger partial charge >= 0.3 is 0 Å². The van der Waals surface area contributed by atoms with Gasteiger partial charge in [0.1, 0.15) is 18.1 Å². The standard InChI is InChI=1S/C30H21N7O/c1-2-6-19(7-3-1)18-38-21-10-20(13-31-14-21)26-12-23-29(17-34-26)36-37-30(23)27-11-22-24(15-32-16-28(22)35-27)25-8-4-5-9-33-25/h1-17,35H,18H2,(H,36,37). The summed E-state index contributed by atoms with van der Waals surface area (Å²) in [6, 6.07) is 22.0. The molecule has 6 heterocycles. The highest BCUT2D eigenvalue weighted by atomic mass is 16.5. The van der Waals surface area contributed by atoms with E-state index in [1.165, 1.54) is 0 Å². The van der Waals surface area contributed by atoms with Crippen LogP contribution in [0.4, 0.5) is 0 Å². The molecule has 8 heteroatoms. The van der Waals surface area contributed by atoms with Crippen molar-refractivity contribution in [2.45, 2.75) is 6.61 Å². The number of aromatic nitrogens is 7. The Balaban J connectivity index is 1.24. The Morgan fingerprint density at radius 2 is 1.61 bits per heavy atom. The van der Waals surface area contributed by atoms with E-state index in [2.05, 4.69) is 41.2 Å². The first kappa shape index (κ1) is 21.9. The summed E-state index contributed by atoms with van der Waals surface area (Å²) in [5.41, 5.74) is 8.02. The first-order valence-electron chi connectivity index (χ1n) is 12.2. The molecular weight excluding hydrogens is 474 g/mol. The number of aromatic amines is 2. The van der Waals surface area contributed by atoms with Crippen LogP contribution in [-0.4, -0.2) is 35.1 Å². The molecule has 0 saturated heterocycles. The number of fused-ring (bicyclic) bond motifs is 2. The van der Waals surface area contributed by atoms with Crippen molar-refractivity contribution in [1.29, 1.82) is 0 Å². The number of hydrogen-bond acceptors (Lipinski definition) is 6. The molecule has 0 bridgehead atoms. The Kier molecular flexibility index (Phi) is 5.33. The minimum atomic E-state index is 0.472. The number of ether oxygens (including phenoxy) is 1. The molecule has 0 saturated carbocycles. The molecule has 38 heavy (non-hydrogen) atoms. The number of pyridine rings is 4. The van der Waals surface area contributed by atoms with Gasteiger partial charge in [0.25, 0.3) is 0 Å². The Labute approximate surface area is 217 Å². The van der Waals surface area contributed by atoms with Gasteiger partial charge in [-0.05, 0) is 35.9 Å². The number of nitrogens with zero attached hydrogens (tertiary/aromatic N) is 5. The summed E-state index contributed by atoms with van der Waals surface area (Å²) < 4.78 is 5.98. The van der Waals surface area contributed by atoms with Gasteiger partial charge < -0.3 is 9.72 Å². The molecule has 0 atom stereocenters. The predicted octanol–water partition coefficient (Wildman–Crippen LogP) is 6.20. The number of benzene rings is 1. The monoisotopic (exact) mass is 495 g/mol. The topological polar surface area (TPSA) is 105 Å². The molecule has 0 radical (unpaired) electrons. The molecule has 2 N–H and O–H groups in total. The Bertz CT molecular complexity index is 1880. The van der Waals surface area contributed by atoms with Crippen molar-refractivity contribution in [3.8, 4) is 39.7 Å². The molecule has 0 aliphatic heterocycles. The summed E-state index contributed by atoms with van der Waals surface area (Å²) in [4.78, 5) is 21.4. The fourth-order valence-electron chi connectivity index (χ4n) is 4.56. The fourth-order valence-corrected chi connectivity index (χ4v) is 4.56. The van der Waals surface area contributed by atoms with E-state index in [-0.39, 0.29) is 0 Å². The van der Waals surface area contributed by atoms with Gasteiger partial charge in [0, 0.05) is 40.5 Å². The summed E-state index contributed by atoms with van der Waals surface area (Å²) in [6.07, 6.45) is 10.7. The Hall–Kier alpha value is -5.37. The van der Waals surface area contributed by atoms with Crippen LogP contribution in [-0.2, 0) is 6.61 Å². The van der Waals surface area contributed by atoms with Crippen LogP contribution in [0.5, 0.6) is 5.75 Å². The molecule has 0 fully saturated rings. The molecule has 8 nitrogen and oxygen atoms in total. The molecule has 0 aliphatic carbocycles. The molecule has 0 aliphatic rings. The van der Waals surface area contributed by atoms with E-state index in [9.17, 15) is 0 Å². The van der Waals surface area contributed by atoms with Crippen molar-refractivity contribution in [3.05, 3.63) is 109 Å². The van der Waals surface area contributed by atoms with E-state index in [0.717, 1.165) is 61.3 Å².